The molecule has 0 saturated heterocycles. The van der Waals surface area contributed by atoms with Gasteiger partial charge in [-0.05, 0) is 48.9 Å². The lowest BCUT2D eigenvalue weighted by atomic mass is 9.90. The summed E-state index contributed by atoms with van der Waals surface area (Å²) in [6.07, 6.45) is 3.06. The van der Waals surface area contributed by atoms with Gasteiger partial charge in [0.25, 0.3) is 17.7 Å². The van der Waals surface area contributed by atoms with Gasteiger partial charge in [-0.25, -0.2) is 4.39 Å². The van der Waals surface area contributed by atoms with Crippen LogP contribution in [-0.4, -0.2) is 24.3 Å². The predicted molar refractivity (Wildman–Crippen MR) is 99.9 cm³/mol. The number of carbonyl (C=O) groups excluding carboxylic acids is 3. The average molecular weight is 389 g/mol. The molecular weight excluding hydrogens is 369 g/mol. The number of hydrogen-bond acceptors (Lipinski definition) is 4. The molecule has 8 heteroatoms. The first-order valence-electron chi connectivity index (χ1n) is 8.67. The van der Waals surface area contributed by atoms with E-state index in [1.54, 1.807) is 0 Å². The first kappa shape index (κ1) is 19.0. The van der Waals surface area contributed by atoms with Gasteiger partial charge >= 0.3 is 0 Å². The van der Waals surface area contributed by atoms with E-state index in [0.29, 0.717) is 10.8 Å². The van der Waals surface area contributed by atoms with Gasteiger partial charge in [-0.3, -0.25) is 25.2 Å². The normalized spacial score (nSPS) is 15.6. The molecule has 0 unspecified atom stereocenters. The summed E-state index contributed by atoms with van der Waals surface area (Å²) in [4.78, 5) is 37.6. The molecule has 3 N–H and O–H groups in total. The standard InChI is InChI=1S/C19H20FN3O3S/c1-11-6-7-15-12(8-11)9-16(27-15)19(26)23-22-17(24)10-21-18(25)13-4-2-3-5-14(13)20/h2-5,9,11H,6-8,10H2,1H3,(H,21,25)(H,22,24)(H,23,26)/t11-/m0/s1. The Hall–Kier alpha value is -2.74. The first-order chi connectivity index (χ1) is 12.9. The molecule has 3 amide bonds. The van der Waals surface area contributed by atoms with E-state index in [0.717, 1.165) is 25.3 Å². The number of rotatable bonds is 4. The van der Waals surface area contributed by atoms with Crippen LogP contribution in [0.1, 0.15) is 43.8 Å². The van der Waals surface area contributed by atoms with Crippen molar-refractivity contribution in [1.29, 1.82) is 0 Å². The summed E-state index contributed by atoms with van der Waals surface area (Å²) in [5, 5.41) is 2.31. The van der Waals surface area contributed by atoms with Crippen LogP contribution in [-0.2, 0) is 17.6 Å². The average Bonchev–Trinajstić information content (AvgIpc) is 3.07. The second-order valence-electron chi connectivity index (χ2n) is 6.57. The van der Waals surface area contributed by atoms with Crippen LogP contribution in [0.5, 0.6) is 0 Å². The first-order valence-corrected chi connectivity index (χ1v) is 9.49. The SMILES string of the molecule is C[C@H]1CCc2sc(C(=O)NNC(=O)CNC(=O)c3ccccc3F)cc2C1. The maximum Gasteiger partial charge on any atom is 0.279 e. The Labute approximate surface area is 160 Å². The predicted octanol–water partition coefficient (Wildman–Crippen LogP) is 2.20. The summed E-state index contributed by atoms with van der Waals surface area (Å²) in [7, 11) is 0. The number of amides is 3. The molecule has 1 aromatic carbocycles. The van der Waals surface area contributed by atoms with E-state index in [-0.39, 0.29) is 12.1 Å². The summed E-state index contributed by atoms with van der Waals surface area (Å²) in [5.74, 6) is -1.76. The van der Waals surface area contributed by atoms with Crippen LogP contribution in [0.2, 0.25) is 0 Å². The molecule has 1 atom stereocenters. The van der Waals surface area contributed by atoms with Crippen molar-refractivity contribution in [1.82, 2.24) is 16.2 Å². The van der Waals surface area contributed by atoms with E-state index >= 15 is 0 Å². The monoisotopic (exact) mass is 389 g/mol. The van der Waals surface area contributed by atoms with Gasteiger partial charge in [0.05, 0.1) is 17.0 Å². The summed E-state index contributed by atoms with van der Waals surface area (Å²) >= 11 is 1.44. The number of hydrazine groups is 1. The zero-order chi connectivity index (χ0) is 19.4. The Morgan fingerprint density at radius 2 is 1.96 bits per heavy atom. The van der Waals surface area contributed by atoms with Crippen LogP contribution in [0.25, 0.3) is 0 Å². The molecule has 1 aliphatic rings. The third-order valence-electron chi connectivity index (χ3n) is 4.40. The highest BCUT2D eigenvalue weighted by molar-refractivity contribution is 7.14. The lowest BCUT2D eigenvalue weighted by molar-refractivity contribution is -0.120. The zero-order valence-corrected chi connectivity index (χ0v) is 15.6. The number of nitrogens with one attached hydrogen (secondary N) is 3. The minimum atomic E-state index is -0.699. The highest BCUT2D eigenvalue weighted by Crippen LogP contribution is 2.32. The minimum absolute atomic E-state index is 0.146. The second kappa shape index (κ2) is 8.30. The van der Waals surface area contributed by atoms with Gasteiger partial charge in [-0.15, -0.1) is 11.3 Å². The number of benzene rings is 1. The van der Waals surface area contributed by atoms with Gasteiger partial charge in [0, 0.05) is 4.88 Å². The fourth-order valence-corrected chi connectivity index (χ4v) is 4.05. The van der Waals surface area contributed by atoms with E-state index in [4.69, 9.17) is 0 Å². The molecular formula is C19H20FN3O3S. The second-order valence-corrected chi connectivity index (χ2v) is 7.71. The van der Waals surface area contributed by atoms with Gasteiger partial charge in [0.1, 0.15) is 5.82 Å². The molecule has 0 saturated carbocycles. The highest BCUT2D eigenvalue weighted by atomic mass is 32.1. The van der Waals surface area contributed by atoms with Crippen LogP contribution < -0.4 is 16.2 Å². The fraction of sp³-hybridized carbons (Fsp3) is 0.316. The molecule has 1 heterocycles. The Balaban J connectivity index is 1.47. The quantitative estimate of drug-likeness (QED) is 0.701. The van der Waals surface area contributed by atoms with Crippen LogP contribution in [0.15, 0.2) is 30.3 Å². The smallest absolute Gasteiger partial charge is 0.279 e. The van der Waals surface area contributed by atoms with Gasteiger partial charge in [0.15, 0.2) is 0 Å². The fourth-order valence-electron chi connectivity index (χ4n) is 2.95. The van der Waals surface area contributed by atoms with Crippen molar-refractivity contribution in [3.63, 3.8) is 0 Å². The molecule has 1 aliphatic carbocycles. The van der Waals surface area contributed by atoms with Crippen LogP contribution in [0, 0.1) is 11.7 Å². The number of thiophene rings is 1. The van der Waals surface area contributed by atoms with E-state index in [1.807, 2.05) is 6.07 Å². The largest absolute Gasteiger partial charge is 0.343 e. The Morgan fingerprint density at radius 1 is 1.19 bits per heavy atom. The molecule has 3 rings (SSSR count). The van der Waals surface area contributed by atoms with Crippen LogP contribution >= 0.6 is 11.3 Å². The highest BCUT2D eigenvalue weighted by Gasteiger charge is 2.21. The van der Waals surface area contributed by atoms with Crippen molar-refractivity contribution in [3.05, 3.63) is 57.0 Å². The summed E-state index contributed by atoms with van der Waals surface area (Å²) in [5.41, 5.74) is 5.65. The van der Waals surface area contributed by atoms with E-state index in [1.165, 1.54) is 40.0 Å². The summed E-state index contributed by atoms with van der Waals surface area (Å²) in [6.45, 7) is 1.81. The number of carbonyl (C=O) groups is 3. The summed E-state index contributed by atoms with van der Waals surface area (Å²) < 4.78 is 13.5. The zero-order valence-electron chi connectivity index (χ0n) is 14.8. The Bertz CT molecular complexity index is 881. The van der Waals surface area contributed by atoms with Gasteiger partial charge in [-0.1, -0.05) is 19.1 Å². The molecule has 2 aromatic rings. The van der Waals surface area contributed by atoms with Crippen molar-refractivity contribution < 1.29 is 18.8 Å². The third kappa shape index (κ3) is 4.71. The Kier molecular flexibility index (Phi) is 5.85. The van der Waals surface area contributed by atoms with Crippen molar-refractivity contribution in [2.45, 2.75) is 26.2 Å². The molecule has 0 bridgehead atoms. The third-order valence-corrected chi connectivity index (χ3v) is 5.63. The van der Waals surface area contributed by atoms with Gasteiger partial charge in [0.2, 0.25) is 0 Å². The van der Waals surface area contributed by atoms with Crippen molar-refractivity contribution in [2.75, 3.05) is 6.54 Å². The minimum Gasteiger partial charge on any atom is -0.343 e. The maximum atomic E-state index is 13.5. The lowest BCUT2D eigenvalue weighted by Crippen LogP contribution is -2.46. The van der Waals surface area contributed by atoms with Gasteiger partial charge < -0.3 is 5.32 Å². The van der Waals surface area contributed by atoms with E-state index < -0.39 is 23.5 Å². The van der Waals surface area contributed by atoms with E-state index in [2.05, 4.69) is 23.1 Å². The maximum absolute atomic E-state index is 13.5. The van der Waals surface area contributed by atoms with Crippen molar-refractivity contribution >= 4 is 29.1 Å². The molecule has 0 radical (unpaired) electrons. The van der Waals surface area contributed by atoms with Crippen molar-refractivity contribution in [3.8, 4) is 0 Å². The number of fused-ring (bicyclic) bond motifs is 1. The topological polar surface area (TPSA) is 87.3 Å². The molecule has 142 valence electrons. The van der Waals surface area contributed by atoms with Crippen LogP contribution in [0.3, 0.4) is 0 Å². The molecule has 6 nitrogen and oxygen atoms in total. The van der Waals surface area contributed by atoms with E-state index in [9.17, 15) is 18.8 Å². The lowest BCUT2D eigenvalue weighted by Gasteiger charge is -2.16. The molecule has 27 heavy (non-hydrogen) atoms. The molecule has 0 spiro atoms. The molecule has 0 aliphatic heterocycles. The Morgan fingerprint density at radius 3 is 2.74 bits per heavy atom. The number of halogens is 1. The number of aryl methyl sites for hydroxylation is 1. The number of hydrogen-bond donors (Lipinski definition) is 3. The molecule has 1 aromatic heterocycles. The van der Waals surface area contributed by atoms with Crippen LogP contribution in [0.4, 0.5) is 4.39 Å². The molecule has 0 fully saturated rings. The van der Waals surface area contributed by atoms with Crippen molar-refractivity contribution in [2.24, 2.45) is 5.92 Å². The summed E-state index contributed by atoms with van der Waals surface area (Å²) in [6, 6.07) is 7.36. The van der Waals surface area contributed by atoms with Gasteiger partial charge in [-0.2, -0.15) is 0 Å².